The largest absolute Gasteiger partial charge is 0.496 e. The summed E-state index contributed by atoms with van der Waals surface area (Å²) in [4.78, 5) is 0. The second-order valence-corrected chi connectivity index (χ2v) is 4.98. The Morgan fingerprint density at radius 1 is 0.947 bits per heavy atom. The van der Waals surface area contributed by atoms with Gasteiger partial charge in [0.05, 0.1) is 7.11 Å². The van der Waals surface area contributed by atoms with Gasteiger partial charge in [-0.1, -0.05) is 29.8 Å². The summed E-state index contributed by atoms with van der Waals surface area (Å²) in [6, 6.07) is 12.8. The van der Waals surface area contributed by atoms with Gasteiger partial charge in [-0.15, -0.1) is 0 Å². The first-order valence-corrected chi connectivity index (χ1v) is 6.55. The predicted octanol–water partition coefficient (Wildman–Crippen LogP) is 4.23. The lowest BCUT2D eigenvalue weighted by molar-refractivity contribution is 0.411. The van der Waals surface area contributed by atoms with Gasteiger partial charge in [0.2, 0.25) is 0 Å². The Labute approximate surface area is 115 Å². The van der Waals surface area contributed by atoms with Crippen molar-refractivity contribution in [2.24, 2.45) is 0 Å². The molecule has 0 aliphatic carbocycles. The summed E-state index contributed by atoms with van der Waals surface area (Å²) >= 11 is 0. The molecule has 100 valence electrons. The number of benzene rings is 2. The summed E-state index contributed by atoms with van der Waals surface area (Å²) in [6.45, 7) is 7.15. The van der Waals surface area contributed by atoms with Crippen molar-refractivity contribution < 1.29 is 4.74 Å². The molecule has 0 radical (unpaired) electrons. The lowest BCUT2D eigenvalue weighted by Crippen LogP contribution is -2.01. The van der Waals surface area contributed by atoms with Crippen LogP contribution in [0.5, 0.6) is 5.75 Å². The quantitative estimate of drug-likeness (QED) is 0.882. The van der Waals surface area contributed by atoms with Gasteiger partial charge in [-0.3, -0.25) is 0 Å². The summed E-state index contributed by atoms with van der Waals surface area (Å²) in [7, 11) is 1.70. The van der Waals surface area contributed by atoms with Gasteiger partial charge >= 0.3 is 0 Å². The summed E-state index contributed by atoms with van der Waals surface area (Å²) in [5, 5.41) is 3.48. The van der Waals surface area contributed by atoms with E-state index >= 15 is 0 Å². The molecule has 1 N–H and O–H groups in total. The van der Waals surface area contributed by atoms with Crippen LogP contribution in [0.4, 0.5) is 5.69 Å². The Hall–Kier alpha value is -1.96. The third-order valence-corrected chi connectivity index (χ3v) is 3.32. The zero-order valence-electron chi connectivity index (χ0n) is 12.1. The highest BCUT2D eigenvalue weighted by molar-refractivity contribution is 5.52. The van der Waals surface area contributed by atoms with E-state index in [1.807, 2.05) is 6.07 Å². The average molecular weight is 255 g/mol. The van der Waals surface area contributed by atoms with E-state index in [1.54, 1.807) is 7.11 Å². The van der Waals surface area contributed by atoms with Gasteiger partial charge in [0, 0.05) is 12.2 Å². The second-order valence-electron chi connectivity index (χ2n) is 4.98. The van der Waals surface area contributed by atoms with E-state index in [2.05, 4.69) is 56.4 Å². The highest BCUT2D eigenvalue weighted by Gasteiger charge is 2.01. The molecule has 0 saturated carbocycles. The van der Waals surface area contributed by atoms with Crippen LogP contribution in [0.15, 0.2) is 36.4 Å². The molecule has 19 heavy (non-hydrogen) atoms. The Balaban J connectivity index is 2.08. The minimum Gasteiger partial charge on any atom is -0.496 e. The molecule has 2 aromatic rings. The van der Waals surface area contributed by atoms with Gasteiger partial charge in [-0.25, -0.2) is 0 Å². The van der Waals surface area contributed by atoms with Crippen LogP contribution in [-0.2, 0) is 6.54 Å². The van der Waals surface area contributed by atoms with Gasteiger partial charge in [-0.2, -0.15) is 0 Å². The van der Waals surface area contributed by atoms with Crippen LogP contribution in [0.1, 0.15) is 22.3 Å². The maximum atomic E-state index is 5.27. The molecule has 0 bridgehead atoms. The number of anilines is 1. The average Bonchev–Trinajstić information content (AvgIpc) is 2.38. The molecule has 0 aliphatic rings. The first-order chi connectivity index (χ1) is 9.10. The molecule has 2 nitrogen and oxygen atoms in total. The van der Waals surface area contributed by atoms with Crippen molar-refractivity contribution >= 4 is 5.69 Å². The van der Waals surface area contributed by atoms with Gasteiger partial charge in [0.1, 0.15) is 5.75 Å². The zero-order valence-corrected chi connectivity index (χ0v) is 12.1. The molecule has 0 aromatic heterocycles. The summed E-state index contributed by atoms with van der Waals surface area (Å²) in [5.41, 5.74) is 6.20. The molecule has 2 rings (SSSR count). The summed E-state index contributed by atoms with van der Waals surface area (Å²) in [5.74, 6) is 0.940. The van der Waals surface area contributed by atoms with E-state index in [0.29, 0.717) is 0 Å². The minimum atomic E-state index is 0.828. The molecule has 0 spiro atoms. The van der Waals surface area contributed by atoms with Crippen LogP contribution in [0.2, 0.25) is 0 Å². The minimum absolute atomic E-state index is 0.828. The molecule has 0 atom stereocenters. The van der Waals surface area contributed by atoms with Crippen molar-refractivity contribution in [3.63, 3.8) is 0 Å². The summed E-state index contributed by atoms with van der Waals surface area (Å²) < 4.78 is 5.27. The number of hydrogen-bond acceptors (Lipinski definition) is 2. The van der Waals surface area contributed by atoms with E-state index in [0.717, 1.165) is 12.3 Å². The standard InChI is InChI=1S/C17H21NO/c1-12-5-7-16(13(2)9-12)18-11-15-6-8-17(19-4)14(3)10-15/h5-10,18H,11H2,1-4H3. The smallest absolute Gasteiger partial charge is 0.121 e. The fourth-order valence-electron chi connectivity index (χ4n) is 2.26. The Bertz CT molecular complexity index is 575. The monoisotopic (exact) mass is 255 g/mol. The predicted molar refractivity (Wildman–Crippen MR) is 81.0 cm³/mol. The number of hydrogen-bond donors (Lipinski definition) is 1. The van der Waals surface area contributed by atoms with Crippen LogP contribution in [0.25, 0.3) is 0 Å². The van der Waals surface area contributed by atoms with Gasteiger partial charge in [-0.05, 0) is 49.6 Å². The van der Waals surface area contributed by atoms with E-state index in [4.69, 9.17) is 4.74 Å². The molecular formula is C17H21NO. The molecule has 0 amide bonds. The topological polar surface area (TPSA) is 21.3 Å². The molecule has 0 unspecified atom stereocenters. The Kier molecular flexibility index (Phi) is 4.10. The van der Waals surface area contributed by atoms with E-state index in [-0.39, 0.29) is 0 Å². The van der Waals surface area contributed by atoms with Crippen LogP contribution >= 0.6 is 0 Å². The molecular weight excluding hydrogens is 234 g/mol. The van der Waals surface area contributed by atoms with Gasteiger partial charge in [0.25, 0.3) is 0 Å². The molecule has 2 heteroatoms. The van der Waals surface area contributed by atoms with Gasteiger partial charge < -0.3 is 10.1 Å². The fraction of sp³-hybridized carbons (Fsp3) is 0.294. The van der Waals surface area contributed by atoms with E-state index in [9.17, 15) is 0 Å². The Morgan fingerprint density at radius 2 is 1.74 bits per heavy atom. The number of methoxy groups -OCH3 is 1. The molecule has 0 heterocycles. The van der Waals surface area contributed by atoms with Crippen molar-refractivity contribution in [3.05, 3.63) is 58.7 Å². The van der Waals surface area contributed by atoms with Crippen molar-refractivity contribution in [2.45, 2.75) is 27.3 Å². The maximum absolute atomic E-state index is 5.27. The SMILES string of the molecule is COc1ccc(CNc2ccc(C)cc2C)cc1C. The number of nitrogens with one attached hydrogen (secondary N) is 1. The van der Waals surface area contributed by atoms with Crippen LogP contribution in [-0.4, -0.2) is 7.11 Å². The number of aryl methyl sites for hydroxylation is 3. The zero-order chi connectivity index (χ0) is 13.8. The highest BCUT2D eigenvalue weighted by Crippen LogP contribution is 2.20. The number of rotatable bonds is 4. The van der Waals surface area contributed by atoms with Gasteiger partial charge in [0.15, 0.2) is 0 Å². The van der Waals surface area contributed by atoms with E-state index in [1.165, 1.54) is 27.9 Å². The first-order valence-electron chi connectivity index (χ1n) is 6.55. The normalized spacial score (nSPS) is 10.3. The number of ether oxygens (including phenoxy) is 1. The van der Waals surface area contributed by atoms with Crippen LogP contribution < -0.4 is 10.1 Å². The van der Waals surface area contributed by atoms with Crippen molar-refractivity contribution in [1.82, 2.24) is 0 Å². The first kappa shape index (κ1) is 13.5. The third-order valence-electron chi connectivity index (χ3n) is 3.32. The molecule has 0 aliphatic heterocycles. The highest BCUT2D eigenvalue weighted by atomic mass is 16.5. The second kappa shape index (κ2) is 5.79. The van der Waals surface area contributed by atoms with Crippen LogP contribution in [0, 0.1) is 20.8 Å². The van der Waals surface area contributed by atoms with E-state index < -0.39 is 0 Å². The van der Waals surface area contributed by atoms with Crippen molar-refractivity contribution in [1.29, 1.82) is 0 Å². The molecule has 2 aromatic carbocycles. The lowest BCUT2D eigenvalue weighted by atomic mass is 10.1. The maximum Gasteiger partial charge on any atom is 0.121 e. The molecule has 0 fully saturated rings. The fourth-order valence-corrected chi connectivity index (χ4v) is 2.26. The van der Waals surface area contributed by atoms with Crippen LogP contribution in [0.3, 0.4) is 0 Å². The third kappa shape index (κ3) is 3.28. The molecule has 0 saturated heterocycles. The lowest BCUT2D eigenvalue weighted by Gasteiger charge is -2.12. The Morgan fingerprint density at radius 3 is 2.37 bits per heavy atom. The summed E-state index contributed by atoms with van der Waals surface area (Å²) in [6.07, 6.45) is 0. The van der Waals surface area contributed by atoms with Crippen molar-refractivity contribution in [3.8, 4) is 5.75 Å². The van der Waals surface area contributed by atoms with Crippen molar-refractivity contribution in [2.75, 3.05) is 12.4 Å².